The fraction of sp³-hybridized carbons (Fsp3) is 0.400. The Kier molecular flexibility index (Phi) is 4.99. The zero-order chi connectivity index (χ0) is 16.9. The molecule has 0 bridgehead atoms. The van der Waals surface area contributed by atoms with Crippen molar-refractivity contribution in [2.75, 3.05) is 31.5 Å². The van der Waals surface area contributed by atoms with Gasteiger partial charge in [-0.2, -0.15) is 0 Å². The van der Waals surface area contributed by atoms with E-state index in [2.05, 4.69) is 20.3 Å². The van der Waals surface area contributed by atoms with Crippen LogP contribution < -0.4 is 5.32 Å². The Hall–Kier alpha value is -2.55. The fourth-order valence-corrected chi connectivity index (χ4v) is 3.15. The number of amides is 2. The van der Waals surface area contributed by atoms with Gasteiger partial charge in [-0.3, -0.25) is 9.59 Å². The number of carbonyl (C=O) groups excluding carboxylic acids is 2. The molecule has 0 atom stereocenters. The van der Waals surface area contributed by atoms with Crippen LogP contribution in [-0.2, 0) is 16.0 Å². The van der Waals surface area contributed by atoms with Gasteiger partial charge in [0.2, 0.25) is 17.8 Å². The van der Waals surface area contributed by atoms with Crippen molar-refractivity contribution in [3.05, 3.63) is 29.5 Å². The van der Waals surface area contributed by atoms with E-state index >= 15 is 0 Å². The maximum absolute atomic E-state index is 12.4. The molecule has 8 nitrogen and oxygen atoms in total. The highest BCUT2D eigenvalue weighted by atomic mass is 32.1. The third-order valence-corrected chi connectivity index (χ3v) is 4.55. The SMILES string of the molecule is CC(=O)N1CCN(C(=O)Cc2csc(Nc3ncccn3)n2)CC1. The van der Waals surface area contributed by atoms with Gasteiger partial charge in [-0.1, -0.05) is 0 Å². The molecule has 9 heteroatoms. The van der Waals surface area contributed by atoms with Gasteiger partial charge in [-0.15, -0.1) is 11.3 Å². The maximum Gasteiger partial charge on any atom is 0.228 e. The van der Waals surface area contributed by atoms with Gasteiger partial charge in [0.05, 0.1) is 12.1 Å². The first-order chi connectivity index (χ1) is 11.6. The number of rotatable bonds is 4. The average molecular weight is 346 g/mol. The van der Waals surface area contributed by atoms with Crippen LogP contribution in [0.1, 0.15) is 12.6 Å². The second kappa shape index (κ2) is 7.35. The molecule has 1 N–H and O–H groups in total. The lowest BCUT2D eigenvalue weighted by Gasteiger charge is -2.34. The van der Waals surface area contributed by atoms with E-state index < -0.39 is 0 Å². The molecule has 0 aliphatic carbocycles. The van der Waals surface area contributed by atoms with E-state index in [1.165, 1.54) is 11.3 Å². The predicted octanol–water partition coefficient (Wildman–Crippen LogP) is 0.910. The van der Waals surface area contributed by atoms with Crippen LogP contribution in [-0.4, -0.2) is 62.7 Å². The molecule has 0 unspecified atom stereocenters. The minimum absolute atomic E-state index is 0.0333. The fourth-order valence-electron chi connectivity index (χ4n) is 2.44. The van der Waals surface area contributed by atoms with Crippen molar-refractivity contribution in [1.29, 1.82) is 0 Å². The smallest absolute Gasteiger partial charge is 0.228 e. The van der Waals surface area contributed by atoms with Crippen molar-refractivity contribution in [1.82, 2.24) is 24.8 Å². The number of aromatic nitrogens is 3. The van der Waals surface area contributed by atoms with E-state index in [-0.39, 0.29) is 18.2 Å². The number of hydrogen-bond acceptors (Lipinski definition) is 7. The van der Waals surface area contributed by atoms with Crippen LogP contribution in [0.4, 0.5) is 11.1 Å². The molecule has 0 aromatic carbocycles. The number of hydrogen-bond donors (Lipinski definition) is 1. The molecule has 3 heterocycles. The summed E-state index contributed by atoms with van der Waals surface area (Å²) in [6, 6.07) is 1.74. The van der Waals surface area contributed by atoms with Crippen molar-refractivity contribution in [2.24, 2.45) is 0 Å². The summed E-state index contributed by atoms with van der Waals surface area (Å²) in [5.41, 5.74) is 0.720. The quantitative estimate of drug-likeness (QED) is 0.885. The van der Waals surface area contributed by atoms with Gasteiger partial charge >= 0.3 is 0 Å². The van der Waals surface area contributed by atoms with Gasteiger partial charge in [0.1, 0.15) is 0 Å². The molecular formula is C15H18N6O2S. The largest absolute Gasteiger partial charge is 0.339 e. The summed E-state index contributed by atoms with van der Waals surface area (Å²) in [6.45, 7) is 3.89. The van der Waals surface area contributed by atoms with Crippen LogP contribution in [0.2, 0.25) is 0 Å². The molecule has 0 saturated carbocycles. The molecule has 2 aromatic heterocycles. The standard InChI is InChI=1S/C15H18N6O2S/c1-11(22)20-5-7-21(8-6-20)13(23)9-12-10-24-15(18-12)19-14-16-3-2-4-17-14/h2-4,10H,5-9H2,1H3,(H,16,17,18,19). The molecular weight excluding hydrogens is 328 g/mol. The van der Waals surface area contributed by atoms with E-state index in [1.807, 2.05) is 5.38 Å². The first kappa shape index (κ1) is 16.3. The summed E-state index contributed by atoms with van der Waals surface area (Å²) in [5.74, 6) is 0.566. The van der Waals surface area contributed by atoms with Crippen LogP contribution in [0.5, 0.6) is 0 Å². The Bertz CT molecular complexity index is 712. The minimum Gasteiger partial charge on any atom is -0.339 e. The molecule has 1 saturated heterocycles. The number of anilines is 2. The number of nitrogens with zero attached hydrogens (tertiary/aromatic N) is 5. The second-order valence-corrected chi connectivity index (χ2v) is 6.26. The Morgan fingerprint density at radius 2 is 1.83 bits per heavy atom. The summed E-state index contributed by atoms with van der Waals surface area (Å²) in [5, 5.41) is 5.53. The van der Waals surface area contributed by atoms with Crippen molar-refractivity contribution in [3.8, 4) is 0 Å². The van der Waals surface area contributed by atoms with Crippen molar-refractivity contribution < 1.29 is 9.59 Å². The molecule has 3 rings (SSSR count). The van der Waals surface area contributed by atoms with E-state index in [9.17, 15) is 9.59 Å². The van der Waals surface area contributed by atoms with Crippen LogP contribution in [0.25, 0.3) is 0 Å². The summed E-state index contributed by atoms with van der Waals surface area (Å²) in [4.78, 5) is 39.8. The van der Waals surface area contributed by atoms with Gasteiger partial charge in [-0.25, -0.2) is 15.0 Å². The molecule has 24 heavy (non-hydrogen) atoms. The first-order valence-corrected chi connectivity index (χ1v) is 8.51. The highest BCUT2D eigenvalue weighted by molar-refractivity contribution is 7.13. The Balaban J connectivity index is 1.53. The molecule has 2 aromatic rings. The zero-order valence-corrected chi connectivity index (χ0v) is 14.1. The van der Waals surface area contributed by atoms with Crippen molar-refractivity contribution in [3.63, 3.8) is 0 Å². The minimum atomic E-state index is 0.0333. The van der Waals surface area contributed by atoms with Crippen molar-refractivity contribution >= 4 is 34.2 Å². The van der Waals surface area contributed by atoms with E-state index in [0.717, 1.165) is 5.69 Å². The van der Waals surface area contributed by atoms with E-state index in [4.69, 9.17) is 0 Å². The highest BCUT2D eigenvalue weighted by Crippen LogP contribution is 2.19. The normalized spacial score (nSPS) is 14.5. The van der Waals surface area contributed by atoms with Crippen LogP contribution in [0, 0.1) is 0 Å². The average Bonchev–Trinajstić information content (AvgIpc) is 3.02. The second-order valence-electron chi connectivity index (χ2n) is 5.41. The van der Waals surface area contributed by atoms with E-state index in [1.54, 1.807) is 35.2 Å². The Labute approximate surface area is 143 Å². The van der Waals surface area contributed by atoms with Crippen LogP contribution in [0.15, 0.2) is 23.8 Å². The summed E-state index contributed by atoms with van der Waals surface area (Å²) in [6.07, 6.45) is 3.55. The first-order valence-electron chi connectivity index (χ1n) is 7.63. The third kappa shape index (κ3) is 4.05. The number of carbonyl (C=O) groups is 2. The van der Waals surface area contributed by atoms with Gasteiger partial charge in [-0.05, 0) is 6.07 Å². The molecule has 126 valence electrons. The van der Waals surface area contributed by atoms with Crippen molar-refractivity contribution in [2.45, 2.75) is 13.3 Å². The number of nitrogens with one attached hydrogen (secondary N) is 1. The monoisotopic (exact) mass is 346 g/mol. The summed E-state index contributed by atoms with van der Waals surface area (Å²) in [7, 11) is 0. The third-order valence-electron chi connectivity index (χ3n) is 3.75. The topological polar surface area (TPSA) is 91.3 Å². The van der Waals surface area contributed by atoms with Gasteiger partial charge < -0.3 is 15.1 Å². The molecule has 1 aliphatic rings. The summed E-state index contributed by atoms with van der Waals surface area (Å²) >= 11 is 1.41. The number of piperazine rings is 1. The van der Waals surface area contributed by atoms with E-state index in [0.29, 0.717) is 37.3 Å². The van der Waals surface area contributed by atoms with Gasteiger partial charge in [0, 0.05) is 50.9 Å². The lowest BCUT2D eigenvalue weighted by atomic mass is 10.2. The maximum atomic E-state index is 12.4. The lowest BCUT2D eigenvalue weighted by Crippen LogP contribution is -2.50. The lowest BCUT2D eigenvalue weighted by molar-refractivity contribution is -0.138. The van der Waals surface area contributed by atoms with Crippen LogP contribution in [0.3, 0.4) is 0 Å². The Morgan fingerprint density at radius 1 is 1.17 bits per heavy atom. The predicted molar refractivity (Wildman–Crippen MR) is 90.0 cm³/mol. The number of thiazole rings is 1. The zero-order valence-electron chi connectivity index (χ0n) is 13.3. The molecule has 0 radical (unpaired) electrons. The highest BCUT2D eigenvalue weighted by Gasteiger charge is 2.22. The summed E-state index contributed by atoms with van der Waals surface area (Å²) < 4.78 is 0. The molecule has 1 fully saturated rings. The van der Waals surface area contributed by atoms with Gasteiger partial charge in [0.25, 0.3) is 0 Å². The Morgan fingerprint density at radius 3 is 2.50 bits per heavy atom. The molecule has 1 aliphatic heterocycles. The molecule has 0 spiro atoms. The van der Waals surface area contributed by atoms with Crippen LogP contribution >= 0.6 is 11.3 Å². The molecule has 2 amide bonds. The van der Waals surface area contributed by atoms with Gasteiger partial charge in [0.15, 0.2) is 5.13 Å².